The van der Waals surface area contributed by atoms with E-state index in [2.05, 4.69) is 31.3 Å². The summed E-state index contributed by atoms with van der Waals surface area (Å²) in [6, 6.07) is -0.845. The average Bonchev–Trinajstić information content (AvgIpc) is 3.38. The second-order valence-corrected chi connectivity index (χ2v) is 26.0. The summed E-state index contributed by atoms with van der Waals surface area (Å²) in [7, 11) is 1.59. The van der Waals surface area contributed by atoms with Crippen LogP contribution in [0.5, 0.6) is 0 Å². The molecule has 0 bridgehead atoms. The van der Waals surface area contributed by atoms with Gasteiger partial charge in [-0.1, -0.05) is 321 Å². The maximum absolute atomic E-state index is 13.0. The second-order valence-electron chi connectivity index (χ2n) is 24.6. The lowest BCUT2D eigenvalue weighted by atomic mass is 10.0. The number of aliphatic hydroxyl groups is 1. The molecule has 3 unspecified atom stereocenters. The third-order valence-electron chi connectivity index (χ3n) is 15.7. The van der Waals surface area contributed by atoms with Crippen LogP contribution >= 0.6 is 7.82 Å². The molecule has 3 atom stereocenters. The van der Waals surface area contributed by atoms with E-state index in [1.807, 2.05) is 27.2 Å². The topological polar surface area (TPSA) is 105 Å². The average molecular weight is 1090 g/mol. The molecule has 0 aliphatic heterocycles. The van der Waals surface area contributed by atoms with E-state index in [0.29, 0.717) is 17.4 Å². The summed E-state index contributed by atoms with van der Waals surface area (Å²) in [5, 5.41) is 14.0. The van der Waals surface area contributed by atoms with Crippen molar-refractivity contribution in [2.45, 2.75) is 360 Å². The zero-order chi connectivity index (χ0) is 55.6. The van der Waals surface area contributed by atoms with Gasteiger partial charge in [0.05, 0.1) is 39.9 Å². The Morgan fingerprint density at radius 1 is 0.434 bits per heavy atom. The minimum Gasteiger partial charge on any atom is -0.387 e. The van der Waals surface area contributed by atoms with Crippen molar-refractivity contribution < 1.29 is 32.9 Å². The lowest BCUT2D eigenvalue weighted by molar-refractivity contribution is -0.870. The highest BCUT2D eigenvalue weighted by Crippen LogP contribution is 2.43. The lowest BCUT2D eigenvalue weighted by Crippen LogP contribution is -2.45. The number of unbranched alkanes of at least 4 members (excludes halogenated alkanes) is 48. The number of allylic oxidation sites excluding steroid dienone is 3. The number of carbonyl (C=O) groups is 1. The summed E-state index contributed by atoms with van der Waals surface area (Å²) >= 11 is 0. The molecular formula is C67H134N2O6P+. The number of phosphoric ester groups is 1. The smallest absolute Gasteiger partial charge is 0.387 e. The minimum absolute atomic E-state index is 0.0640. The van der Waals surface area contributed by atoms with E-state index in [1.165, 1.54) is 295 Å². The molecule has 0 aliphatic carbocycles. The molecule has 0 rings (SSSR count). The van der Waals surface area contributed by atoms with Gasteiger partial charge in [0.15, 0.2) is 0 Å². The van der Waals surface area contributed by atoms with Crippen LogP contribution in [0, 0.1) is 0 Å². The van der Waals surface area contributed by atoms with Crippen LogP contribution < -0.4 is 5.32 Å². The highest BCUT2D eigenvalue weighted by Gasteiger charge is 2.28. The zero-order valence-electron chi connectivity index (χ0n) is 51.8. The fourth-order valence-electron chi connectivity index (χ4n) is 10.4. The molecule has 0 aromatic carbocycles. The van der Waals surface area contributed by atoms with Crippen LogP contribution in [-0.4, -0.2) is 73.4 Å². The monoisotopic (exact) mass is 1090 g/mol. The van der Waals surface area contributed by atoms with E-state index in [0.717, 1.165) is 32.1 Å². The van der Waals surface area contributed by atoms with Crippen LogP contribution in [0.4, 0.5) is 0 Å². The van der Waals surface area contributed by atoms with Gasteiger partial charge in [0.1, 0.15) is 13.2 Å². The number of hydrogen-bond acceptors (Lipinski definition) is 5. The Morgan fingerprint density at radius 2 is 0.711 bits per heavy atom. The number of nitrogens with zero attached hydrogens (tertiary/aromatic N) is 1. The minimum atomic E-state index is -4.35. The van der Waals surface area contributed by atoms with E-state index >= 15 is 0 Å². The molecule has 0 saturated carbocycles. The first-order valence-corrected chi connectivity index (χ1v) is 35.2. The number of quaternary nitrogens is 1. The fraction of sp³-hybridized carbons (Fsp3) is 0.925. The van der Waals surface area contributed by atoms with Crippen molar-refractivity contribution in [2.75, 3.05) is 40.9 Å². The maximum atomic E-state index is 13.0. The van der Waals surface area contributed by atoms with Gasteiger partial charge in [-0.2, -0.15) is 0 Å². The largest absolute Gasteiger partial charge is 0.472 e. The van der Waals surface area contributed by atoms with Crippen molar-refractivity contribution in [2.24, 2.45) is 0 Å². The number of likely N-dealkylation sites (N-methyl/N-ethyl adjacent to an activating group) is 1. The Kier molecular flexibility index (Phi) is 57.8. The molecule has 0 aromatic heterocycles. The van der Waals surface area contributed by atoms with Crippen molar-refractivity contribution in [1.82, 2.24) is 5.32 Å². The molecular weight excluding hydrogens is 960 g/mol. The van der Waals surface area contributed by atoms with Crippen molar-refractivity contribution in [3.8, 4) is 0 Å². The SMILES string of the molecule is CCCCCCCCCCCCCC/C=C\CCCCCCCCCCCCCCCCCC(=O)NC(COP(=O)(O)OCC[N+](C)(C)C)C(O)/C=C/CCCCCCCCCCCCCCCCCCCCCCC. The van der Waals surface area contributed by atoms with Crippen LogP contribution in [-0.2, 0) is 18.4 Å². The highest BCUT2D eigenvalue weighted by molar-refractivity contribution is 7.47. The Morgan fingerprint density at radius 3 is 1.01 bits per heavy atom. The Bertz CT molecular complexity index is 1290. The molecule has 0 fully saturated rings. The summed E-state index contributed by atoms with van der Waals surface area (Å²) < 4.78 is 23.8. The van der Waals surface area contributed by atoms with Gasteiger partial charge in [0, 0.05) is 6.42 Å². The number of hydrogen-bond donors (Lipinski definition) is 3. The summed E-state index contributed by atoms with van der Waals surface area (Å²) in [5.74, 6) is -0.170. The fourth-order valence-corrected chi connectivity index (χ4v) is 11.1. The van der Waals surface area contributed by atoms with Crippen molar-refractivity contribution >= 4 is 13.7 Å². The number of rotatable bonds is 63. The first-order chi connectivity index (χ1) is 37.0. The first kappa shape index (κ1) is 75.0. The lowest BCUT2D eigenvalue weighted by Gasteiger charge is -2.25. The predicted octanol–water partition coefficient (Wildman–Crippen LogP) is 21.1. The normalized spacial score (nSPS) is 13.8. The van der Waals surface area contributed by atoms with Gasteiger partial charge in [0.2, 0.25) is 5.91 Å². The molecule has 0 aliphatic rings. The zero-order valence-corrected chi connectivity index (χ0v) is 52.7. The number of amides is 1. The first-order valence-electron chi connectivity index (χ1n) is 33.7. The van der Waals surface area contributed by atoms with Gasteiger partial charge in [-0.05, 0) is 44.9 Å². The molecule has 3 N–H and O–H groups in total. The highest BCUT2D eigenvalue weighted by atomic mass is 31.2. The van der Waals surface area contributed by atoms with Crippen molar-refractivity contribution in [1.29, 1.82) is 0 Å². The number of carbonyl (C=O) groups excluding carboxylic acids is 1. The number of phosphoric acid groups is 1. The molecule has 452 valence electrons. The number of aliphatic hydroxyl groups excluding tert-OH is 1. The molecule has 76 heavy (non-hydrogen) atoms. The van der Waals surface area contributed by atoms with Crippen LogP contribution in [0.2, 0.25) is 0 Å². The second kappa shape index (κ2) is 58.6. The third-order valence-corrected chi connectivity index (χ3v) is 16.6. The third kappa shape index (κ3) is 60.6. The van der Waals surface area contributed by atoms with E-state index in [4.69, 9.17) is 9.05 Å². The summed E-state index contributed by atoms with van der Waals surface area (Å²) in [6.45, 7) is 4.88. The van der Waals surface area contributed by atoms with Crippen LogP contribution in [0.1, 0.15) is 348 Å². The Labute approximate surface area is 474 Å². The van der Waals surface area contributed by atoms with Gasteiger partial charge in [0.25, 0.3) is 0 Å². The van der Waals surface area contributed by atoms with E-state index < -0.39 is 20.0 Å². The van der Waals surface area contributed by atoms with Gasteiger partial charge < -0.3 is 19.8 Å². The predicted molar refractivity (Wildman–Crippen MR) is 332 cm³/mol. The molecule has 0 radical (unpaired) electrons. The standard InChI is InChI=1S/C67H133N2O6P/c1-6-8-10-12-14-16-18-20-22-24-26-28-30-31-32-33-34-35-36-37-39-41-43-45-47-49-51-53-55-57-59-61-67(71)68-65(64-75-76(72,73)74-63-62-69(3,4)5)66(70)60-58-56-54-52-50-48-46-44-42-40-38-29-27-25-23-21-19-17-15-13-11-9-7-2/h31-32,58,60,65-66,70H,6-30,33-57,59,61-64H2,1-5H3,(H-,68,71,72,73)/p+1/b32-31-,60-58+. The summed E-state index contributed by atoms with van der Waals surface area (Å²) in [5.41, 5.74) is 0. The van der Waals surface area contributed by atoms with E-state index in [1.54, 1.807) is 6.08 Å². The number of nitrogens with one attached hydrogen (secondary N) is 1. The molecule has 9 heteroatoms. The van der Waals surface area contributed by atoms with Crippen LogP contribution in [0.25, 0.3) is 0 Å². The quantitative estimate of drug-likeness (QED) is 0.0243. The van der Waals surface area contributed by atoms with Gasteiger partial charge >= 0.3 is 7.82 Å². The van der Waals surface area contributed by atoms with Gasteiger partial charge in [-0.25, -0.2) is 4.57 Å². The Balaban J connectivity index is 4.05. The van der Waals surface area contributed by atoms with Crippen molar-refractivity contribution in [3.05, 3.63) is 24.3 Å². The molecule has 0 saturated heterocycles. The van der Waals surface area contributed by atoms with Crippen LogP contribution in [0.15, 0.2) is 24.3 Å². The molecule has 1 amide bonds. The van der Waals surface area contributed by atoms with Crippen molar-refractivity contribution in [3.63, 3.8) is 0 Å². The van der Waals surface area contributed by atoms with Gasteiger partial charge in [-0.3, -0.25) is 13.8 Å². The maximum Gasteiger partial charge on any atom is 0.472 e. The Hall–Kier alpha value is -1.02. The van der Waals surface area contributed by atoms with Crippen LogP contribution in [0.3, 0.4) is 0 Å². The molecule has 8 nitrogen and oxygen atoms in total. The van der Waals surface area contributed by atoms with E-state index in [-0.39, 0.29) is 19.1 Å². The molecule has 0 aromatic rings. The molecule has 0 spiro atoms. The van der Waals surface area contributed by atoms with E-state index in [9.17, 15) is 19.4 Å². The summed E-state index contributed by atoms with van der Waals surface area (Å²) in [4.78, 5) is 23.4. The van der Waals surface area contributed by atoms with Gasteiger partial charge in [-0.15, -0.1) is 0 Å². The summed E-state index contributed by atoms with van der Waals surface area (Å²) in [6.07, 6.45) is 76.0. The molecule has 0 heterocycles.